The number of nitrogens with zero attached hydrogens (tertiary/aromatic N) is 4. The second-order valence-electron chi connectivity index (χ2n) is 4.39. The molecule has 2 aromatic carbocycles. The molecule has 8 heteroatoms. The van der Waals surface area contributed by atoms with E-state index in [2.05, 4.69) is 26.0 Å². The third-order valence-corrected chi connectivity index (χ3v) is 3.88. The summed E-state index contributed by atoms with van der Waals surface area (Å²) in [6.07, 6.45) is 1.38. The fraction of sp³-hybridized carbons (Fsp3) is 0. The molecule has 0 radical (unpaired) electrons. The zero-order chi connectivity index (χ0) is 15.7. The van der Waals surface area contributed by atoms with Crippen LogP contribution < -0.4 is 0 Å². The van der Waals surface area contributed by atoms with Gasteiger partial charge in [0.2, 0.25) is 0 Å². The molecule has 0 fully saturated rings. The first kappa shape index (κ1) is 14.7. The number of hydrogen-bond acceptors (Lipinski definition) is 4. The third-order valence-electron chi connectivity index (χ3n) is 3.02. The Bertz CT molecular complexity index is 848. The number of halogens is 2. The molecule has 0 saturated heterocycles. The zero-order valence-corrected chi connectivity index (χ0v) is 13.3. The Labute approximate surface area is 138 Å². The van der Waals surface area contributed by atoms with Gasteiger partial charge in [-0.05, 0) is 30.3 Å². The summed E-state index contributed by atoms with van der Waals surface area (Å²) >= 11 is 9.53. The van der Waals surface area contributed by atoms with Crippen molar-refractivity contribution in [3.05, 3.63) is 68.4 Å². The van der Waals surface area contributed by atoms with Crippen LogP contribution in [-0.2, 0) is 0 Å². The first-order valence-corrected chi connectivity index (χ1v) is 7.33. The summed E-state index contributed by atoms with van der Waals surface area (Å²) in [5.74, 6) is 0.441. The first-order chi connectivity index (χ1) is 10.6. The van der Waals surface area contributed by atoms with Crippen molar-refractivity contribution in [1.29, 1.82) is 0 Å². The second kappa shape index (κ2) is 5.86. The highest BCUT2D eigenvalue weighted by molar-refractivity contribution is 9.10. The van der Waals surface area contributed by atoms with Crippen molar-refractivity contribution in [2.45, 2.75) is 0 Å². The number of rotatable bonds is 3. The molecule has 0 N–H and O–H groups in total. The fourth-order valence-corrected chi connectivity index (χ4v) is 2.46. The molecular formula is C14H8BrClN4O2. The molecule has 3 rings (SSSR count). The highest BCUT2D eigenvalue weighted by Crippen LogP contribution is 2.31. The van der Waals surface area contributed by atoms with Gasteiger partial charge in [-0.2, -0.15) is 5.10 Å². The number of aromatic nitrogens is 3. The quantitative estimate of drug-likeness (QED) is 0.503. The van der Waals surface area contributed by atoms with Crippen LogP contribution in [0, 0.1) is 10.1 Å². The predicted molar refractivity (Wildman–Crippen MR) is 86.2 cm³/mol. The monoisotopic (exact) mass is 378 g/mol. The van der Waals surface area contributed by atoms with Crippen LogP contribution in [0.1, 0.15) is 0 Å². The van der Waals surface area contributed by atoms with Gasteiger partial charge in [0.25, 0.3) is 5.69 Å². The van der Waals surface area contributed by atoms with Gasteiger partial charge in [0.1, 0.15) is 6.33 Å². The van der Waals surface area contributed by atoms with E-state index in [1.807, 2.05) is 24.3 Å². The zero-order valence-electron chi connectivity index (χ0n) is 11.0. The number of nitro groups is 1. The molecule has 0 saturated carbocycles. The van der Waals surface area contributed by atoms with Gasteiger partial charge >= 0.3 is 0 Å². The van der Waals surface area contributed by atoms with Gasteiger partial charge in [-0.25, -0.2) is 9.67 Å². The summed E-state index contributed by atoms with van der Waals surface area (Å²) < 4.78 is 2.52. The molecule has 1 aromatic heterocycles. The molecule has 0 atom stereocenters. The van der Waals surface area contributed by atoms with Gasteiger partial charge in [-0.3, -0.25) is 10.1 Å². The van der Waals surface area contributed by atoms with E-state index in [1.165, 1.54) is 24.5 Å². The van der Waals surface area contributed by atoms with Crippen LogP contribution in [0.5, 0.6) is 0 Å². The van der Waals surface area contributed by atoms with Crippen molar-refractivity contribution in [3.8, 4) is 17.1 Å². The van der Waals surface area contributed by atoms with Gasteiger partial charge in [-0.1, -0.05) is 27.5 Å². The topological polar surface area (TPSA) is 73.8 Å². The number of nitro benzene ring substituents is 1. The fourth-order valence-electron chi connectivity index (χ4n) is 1.99. The number of benzene rings is 2. The molecular weight excluding hydrogens is 372 g/mol. The summed E-state index contributed by atoms with van der Waals surface area (Å²) in [4.78, 5) is 14.6. The van der Waals surface area contributed by atoms with E-state index in [9.17, 15) is 10.1 Å². The van der Waals surface area contributed by atoms with E-state index in [1.54, 1.807) is 4.68 Å². The Morgan fingerprint density at radius 1 is 1.18 bits per heavy atom. The van der Waals surface area contributed by atoms with Crippen molar-refractivity contribution in [3.63, 3.8) is 0 Å². The van der Waals surface area contributed by atoms with Crippen LogP contribution in [0.25, 0.3) is 17.1 Å². The Kier molecular flexibility index (Phi) is 3.91. The van der Waals surface area contributed by atoms with Gasteiger partial charge in [0.05, 0.1) is 15.6 Å². The van der Waals surface area contributed by atoms with Gasteiger partial charge in [0, 0.05) is 22.2 Å². The highest BCUT2D eigenvalue weighted by atomic mass is 79.9. The molecule has 1 heterocycles. The molecule has 0 aliphatic carbocycles. The van der Waals surface area contributed by atoms with Crippen molar-refractivity contribution in [1.82, 2.24) is 14.8 Å². The van der Waals surface area contributed by atoms with E-state index in [4.69, 9.17) is 11.6 Å². The SMILES string of the molecule is O=[N+]([O-])c1ccc(Cl)c(-c2ncnn2-c2ccc(Br)cc2)c1. The normalized spacial score (nSPS) is 10.6. The van der Waals surface area contributed by atoms with E-state index in [-0.39, 0.29) is 5.69 Å². The van der Waals surface area contributed by atoms with E-state index >= 15 is 0 Å². The highest BCUT2D eigenvalue weighted by Gasteiger charge is 2.16. The Balaban J connectivity index is 2.14. The average molecular weight is 380 g/mol. The molecule has 110 valence electrons. The minimum absolute atomic E-state index is 0.0512. The molecule has 3 aromatic rings. The maximum absolute atomic E-state index is 10.9. The minimum atomic E-state index is -0.472. The molecule has 0 aliphatic rings. The van der Waals surface area contributed by atoms with E-state index < -0.39 is 4.92 Å². The maximum atomic E-state index is 10.9. The molecule has 0 bridgehead atoms. The lowest BCUT2D eigenvalue weighted by atomic mass is 10.2. The van der Waals surface area contributed by atoms with Gasteiger partial charge in [0.15, 0.2) is 5.82 Å². The molecule has 22 heavy (non-hydrogen) atoms. The van der Waals surface area contributed by atoms with Crippen LogP contribution in [0.15, 0.2) is 53.3 Å². The van der Waals surface area contributed by atoms with Crippen molar-refractivity contribution >= 4 is 33.2 Å². The summed E-state index contributed by atoms with van der Waals surface area (Å²) in [6, 6.07) is 11.7. The van der Waals surface area contributed by atoms with Gasteiger partial charge in [-0.15, -0.1) is 0 Å². The van der Waals surface area contributed by atoms with Crippen LogP contribution in [0.2, 0.25) is 5.02 Å². The third kappa shape index (κ3) is 2.72. The molecule has 0 amide bonds. The summed E-state index contributed by atoms with van der Waals surface area (Å²) in [6.45, 7) is 0. The van der Waals surface area contributed by atoms with Crippen molar-refractivity contribution < 1.29 is 4.92 Å². The predicted octanol–water partition coefficient (Wildman–Crippen LogP) is 4.26. The second-order valence-corrected chi connectivity index (χ2v) is 5.72. The average Bonchev–Trinajstić information content (AvgIpc) is 2.97. The number of hydrogen-bond donors (Lipinski definition) is 0. The van der Waals surface area contributed by atoms with Crippen molar-refractivity contribution in [2.75, 3.05) is 0 Å². The molecule has 0 unspecified atom stereocenters. The van der Waals surface area contributed by atoms with E-state index in [0.29, 0.717) is 16.4 Å². The van der Waals surface area contributed by atoms with Crippen LogP contribution in [0.3, 0.4) is 0 Å². The summed E-state index contributed by atoms with van der Waals surface area (Å²) in [7, 11) is 0. The Morgan fingerprint density at radius 2 is 1.91 bits per heavy atom. The molecule has 0 spiro atoms. The molecule has 0 aliphatic heterocycles. The largest absolute Gasteiger partial charge is 0.270 e. The Morgan fingerprint density at radius 3 is 2.59 bits per heavy atom. The lowest BCUT2D eigenvalue weighted by Crippen LogP contribution is -2.00. The minimum Gasteiger partial charge on any atom is -0.258 e. The van der Waals surface area contributed by atoms with E-state index in [0.717, 1.165) is 10.2 Å². The lowest BCUT2D eigenvalue weighted by Gasteiger charge is -2.07. The van der Waals surface area contributed by atoms with Crippen LogP contribution >= 0.6 is 27.5 Å². The smallest absolute Gasteiger partial charge is 0.258 e. The summed E-state index contributed by atoms with van der Waals surface area (Å²) in [5, 5.41) is 15.5. The molecule has 6 nitrogen and oxygen atoms in total. The lowest BCUT2D eigenvalue weighted by molar-refractivity contribution is -0.384. The maximum Gasteiger partial charge on any atom is 0.270 e. The number of non-ortho nitro benzene ring substituents is 1. The van der Waals surface area contributed by atoms with Crippen LogP contribution in [-0.4, -0.2) is 19.7 Å². The Hall–Kier alpha value is -2.25. The van der Waals surface area contributed by atoms with Gasteiger partial charge < -0.3 is 0 Å². The van der Waals surface area contributed by atoms with Crippen molar-refractivity contribution in [2.24, 2.45) is 0 Å². The first-order valence-electron chi connectivity index (χ1n) is 6.16. The summed E-state index contributed by atoms with van der Waals surface area (Å²) in [5.41, 5.74) is 1.18. The standard InChI is InChI=1S/C14H8BrClN4O2/c15-9-1-3-10(4-2-9)19-14(17-8-18-19)12-7-11(20(21)22)5-6-13(12)16/h1-8H. The van der Waals surface area contributed by atoms with Crippen LogP contribution in [0.4, 0.5) is 5.69 Å².